The number of aromatic nitrogens is 4. The van der Waals surface area contributed by atoms with Gasteiger partial charge in [-0.05, 0) is 74.2 Å². The van der Waals surface area contributed by atoms with Gasteiger partial charge in [0.05, 0.1) is 28.1 Å². The zero-order valence-corrected chi connectivity index (χ0v) is 20.3. The first-order valence-corrected chi connectivity index (χ1v) is 11.4. The molecular weight excluding hydrogens is 457 g/mol. The first kappa shape index (κ1) is 23.2. The lowest BCUT2D eigenvalue weighted by atomic mass is 10.0. The SMILES string of the molecule is Cc1ccc(C)c(-n2nc(C)c(-c3cc(F)c4nccnc4c3)c2Nc2c(C)cccc2C(=O)O)c1. The third-order valence-corrected chi connectivity index (χ3v) is 6.22. The topological polar surface area (TPSA) is 92.9 Å². The molecule has 0 saturated carbocycles. The quantitative estimate of drug-likeness (QED) is 0.306. The minimum Gasteiger partial charge on any atom is -0.478 e. The van der Waals surface area contributed by atoms with Gasteiger partial charge in [-0.2, -0.15) is 5.10 Å². The summed E-state index contributed by atoms with van der Waals surface area (Å²) in [4.78, 5) is 20.4. The summed E-state index contributed by atoms with van der Waals surface area (Å²) in [5, 5.41) is 18.0. The van der Waals surface area contributed by atoms with Crippen LogP contribution in [0, 0.1) is 33.5 Å². The third kappa shape index (κ3) is 3.96. The van der Waals surface area contributed by atoms with E-state index in [0.717, 1.165) is 22.4 Å². The summed E-state index contributed by atoms with van der Waals surface area (Å²) in [7, 11) is 0. The van der Waals surface area contributed by atoms with Gasteiger partial charge in [0.15, 0.2) is 5.82 Å². The number of para-hydroxylation sites is 1. The van der Waals surface area contributed by atoms with Gasteiger partial charge in [-0.3, -0.25) is 4.98 Å². The summed E-state index contributed by atoms with van der Waals surface area (Å²) in [5.74, 6) is -1.02. The highest BCUT2D eigenvalue weighted by Crippen LogP contribution is 2.38. The molecule has 0 saturated heterocycles. The molecule has 5 rings (SSSR count). The maximum Gasteiger partial charge on any atom is 0.337 e. The Labute approximate surface area is 207 Å². The fourth-order valence-corrected chi connectivity index (χ4v) is 4.42. The highest BCUT2D eigenvalue weighted by atomic mass is 19.1. The van der Waals surface area contributed by atoms with E-state index in [-0.39, 0.29) is 11.1 Å². The summed E-state index contributed by atoms with van der Waals surface area (Å²) in [6.45, 7) is 7.66. The monoisotopic (exact) mass is 481 g/mol. The normalized spacial score (nSPS) is 11.1. The Hall–Kier alpha value is -4.59. The second-order valence-electron chi connectivity index (χ2n) is 8.82. The lowest BCUT2D eigenvalue weighted by Gasteiger charge is -2.17. The number of hydrogen-bond acceptors (Lipinski definition) is 5. The number of nitrogens with zero attached hydrogens (tertiary/aromatic N) is 4. The van der Waals surface area contributed by atoms with Crippen LogP contribution in [0.5, 0.6) is 0 Å². The minimum absolute atomic E-state index is 0.128. The highest BCUT2D eigenvalue weighted by Gasteiger charge is 2.23. The fourth-order valence-electron chi connectivity index (χ4n) is 4.42. The van der Waals surface area contributed by atoms with E-state index in [0.29, 0.717) is 33.8 Å². The van der Waals surface area contributed by atoms with E-state index in [4.69, 9.17) is 5.10 Å². The van der Waals surface area contributed by atoms with E-state index >= 15 is 4.39 Å². The number of anilines is 2. The first-order chi connectivity index (χ1) is 17.2. The number of carboxylic acid groups (broad SMARTS) is 1. The van der Waals surface area contributed by atoms with E-state index < -0.39 is 11.8 Å². The number of halogens is 1. The Kier molecular flexibility index (Phi) is 5.72. The lowest BCUT2D eigenvalue weighted by molar-refractivity contribution is 0.0698. The van der Waals surface area contributed by atoms with E-state index in [2.05, 4.69) is 15.3 Å². The van der Waals surface area contributed by atoms with Gasteiger partial charge in [-0.1, -0.05) is 24.3 Å². The molecule has 3 aromatic carbocycles. The Morgan fingerprint density at radius 1 is 0.972 bits per heavy atom. The molecule has 0 aliphatic heterocycles. The summed E-state index contributed by atoms with van der Waals surface area (Å²) in [6.07, 6.45) is 2.97. The van der Waals surface area contributed by atoms with Crippen LogP contribution in [-0.4, -0.2) is 30.8 Å². The van der Waals surface area contributed by atoms with Crippen molar-refractivity contribution < 1.29 is 14.3 Å². The van der Waals surface area contributed by atoms with Gasteiger partial charge in [0.2, 0.25) is 0 Å². The smallest absolute Gasteiger partial charge is 0.337 e. The molecule has 0 unspecified atom stereocenters. The number of hydrogen-bond donors (Lipinski definition) is 2. The van der Waals surface area contributed by atoms with E-state index in [1.807, 2.05) is 52.0 Å². The van der Waals surface area contributed by atoms with Crippen LogP contribution in [0.25, 0.3) is 27.8 Å². The predicted octanol–water partition coefficient (Wildman–Crippen LogP) is 6.30. The van der Waals surface area contributed by atoms with E-state index in [1.165, 1.54) is 18.5 Å². The third-order valence-electron chi connectivity index (χ3n) is 6.22. The van der Waals surface area contributed by atoms with Gasteiger partial charge < -0.3 is 10.4 Å². The van der Waals surface area contributed by atoms with Gasteiger partial charge in [0.1, 0.15) is 11.3 Å². The Morgan fingerprint density at radius 3 is 2.53 bits per heavy atom. The average molecular weight is 482 g/mol. The number of aryl methyl sites for hydroxylation is 4. The Morgan fingerprint density at radius 2 is 1.75 bits per heavy atom. The van der Waals surface area contributed by atoms with Crippen LogP contribution in [0.1, 0.15) is 32.7 Å². The van der Waals surface area contributed by atoms with Crippen molar-refractivity contribution in [3.05, 3.63) is 94.7 Å². The highest BCUT2D eigenvalue weighted by molar-refractivity contribution is 5.97. The molecule has 0 fully saturated rings. The summed E-state index contributed by atoms with van der Waals surface area (Å²) >= 11 is 0. The Balaban J connectivity index is 1.82. The van der Waals surface area contributed by atoms with E-state index in [1.54, 1.807) is 22.9 Å². The molecule has 2 N–H and O–H groups in total. The van der Waals surface area contributed by atoms with Crippen molar-refractivity contribution in [3.8, 4) is 16.8 Å². The number of nitrogens with one attached hydrogen (secondary N) is 1. The molecule has 0 spiro atoms. The molecule has 0 aliphatic rings. The largest absolute Gasteiger partial charge is 0.478 e. The van der Waals surface area contributed by atoms with Crippen LogP contribution in [0.4, 0.5) is 15.9 Å². The number of rotatable bonds is 5. The fraction of sp³-hybridized carbons (Fsp3) is 0.143. The van der Waals surface area contributed by atoms with Crippen molar-refractivity contribution in [1.29, 1.82) is 0 Å². The number of carbonyl (C=O) groups is 1. The van der Waals surface area contributed by atoms with Crippen molar-refractivity contribution in [2.24, 2.45) is 0 Å². The number of benzene rings is 3. The first-order valence-electron chi connectivity index (χ1n) is 11.4. The number of carboxylic acids is 1. The van der Waals surface area contributed by atoms with Gasteiger partial charge in [-0.15, -0.1) is 0 Å². The molecule has 0 amide bonds. The summed E-state index contributed by atoms with van der Waals surface area (Å²) < 4.78 is 16.8. The molecule has 36 heavy (non-hydrogen) atoms. The molecule has 2 aromatic heterocycles. The standard InChI is InChI=1S/C28H24FN5O2/c1-15-8-9-16(2)23(12-15)34-27(32-25-17(3)6-5-7-20(25)28(35)36)24(18(4)33-34)19-13-21(29)26-22(14-19)30-10-11-31-26/h5-14,32H,1-4H3,(H,35,36). The molecule has 5 aromatic rings. The van der Waals surface area contributed by atoms with Crippen LogP contribution in [0.15, 0.2) is 60.9 Å². The molecular formula is C28H24FN5O2. The van der Waals surface area contributed by atoms with Gasteiger partial charge >= 0.3 is 5.97 Å². The van der Waals surface area contributed by atoms with Crippen molar-refractivity contribution in [3.63, 3.8) is 0 Å². The zero-order chi connectivity index (χ0) is 25.6. The van der Waals surface area contributed by atoms with Gasteiger partial charge in [0, 0.05) is 18.0 Å². The molecule has 0 bridgehead atoms. The van der Waals surface area contributed by atoms with Gasteiger partial charge in [0.25, 0.3) is 0 Å². The van der Waals surface area contributed by atoms with Crippen molar-refractivity contribution >= 4 is 28.5 Å². The summed E-state index contributed by atoms with van der Waals surface area (Å²) in [6, 6.07) is 14.3. The molecule has 2 heterocycles. The molecule has 0 aliphatic carbocycles. The van der Waals surface area contributed by atoms with Crippen LogP contribution >= 0.6 is 0 Å². The summed E-state index contributed by atoms with van der Waals surface area (Å²) in [5.41, 5.74) is 6.63. The zero-order valence-electron chi connectivity index (χ0n) is 20.3. The molecule has 180 valence electrons. The number of aromatic carboxylic acids is 1. The average Bonchev–Trinajstić information content (AvgIpc) is 3.17. The molecule has 8 heteroatoms. The van der Waals surface area contributed by atoms with Crippen molar-refractivity contribution in [2.45, 2.75) is 27.7 Å². The number of fused-ring (bicyclic) bond motifs is 1. The Bertz CT molecular complexity index is 1660. The van der Waals surface area contributed by atoms with E-state index in [9.17, 15) is 9.90 Å². The van der Waals surface area contributed by atoms with Crippen molar-refractivity contribution in [1.82, 2.24) is 19.7 Å². The van der Waals surface area contributed by atoms with Gasteiger partial charge in [-0.25, -0.2) is 18.9 Å². The maximum atomic E-state index is 15.1. The van der Waals surface area contributed by atoms with Crippen LogP contribution in [0.3, 0.4) is 0 Å². The second kappa shape index (κ2) is 8.88. The molecule has 0 radical (unpaired) electrons. The van der Waals surface area contributed by atoms with Crippen LogP contribution in [0.2, 0.25) is 0 Å². The minimum atomic E-state index is -1.05. The van der Waals surface area contributed by atoms with Crippen molar-refractivity contribution in [2.75, 3.05) is 5.32 Å². The second-order valence-corrected chi connectivity index (χ2v) is 8.82. The predicted molar refractivity (Wildman–Crippen MR) is 138 cm³/mol. The maximum absolute atomic E-state index is 15.1. The molecule has 7 nitrogen and oxygen atoms in total. The molecule has 0 atom stereocenters. The van der Waals surface area contributed by atoms with Crippen LogP contribution in [-0.2, 0) is 0 Å². The van der Waals surface area contributed by atoms with Crippen LogP contribution < -0.4 is 5.32 Å². The lowest BCUT2D eigenvalue weighted by Crippen LogP contribution is -2.09.